The van der Waals surface area contributed by atoms with E-state index in [4.69, 9.17) is 0 Å². The molecular formula is C14H15N3O4. The van der Waals surface area contributed by atoms with Gasteiger partial charge in [0.05, 0.1) is 15.8 Å². The summed E-state index contributed by atoms with van der Waals surface area (Å²) in [6.07, 6.45) is 1.55. The molecule has 7 heteroatoms. The second-order valence-electron chi connectivity index (χ2n) is 5.18. The molecule has 0 saturated heterocycles. The van der Waals surface area contributed by atoms with Gasteiger partial charge in [-0.3, -0.25) is 15.1 Å². The number of benzene rings is 1. The number of anilines is 1. The maximum atomic E-state index is 11.4. The van der Waals surface area contributed by atoms with Crippen molar-refractivity contribution < 1.29 is 14.8 Å². The molecule has 110 valence electrons. The maximum Gasteiger partial charge on any atom is 0.328 e. The summed E-state index contributed by atoms with van der Waals surface area (Å²) in [5.74, 6) is -1.06. The first kappa shape index (κ1) is 14.7. The Balaban J connectivity index is 2.72. The molecule has 0 unspecified atom stereocenters. The van der Waals surface area contributed by atoms with Gasteiger partial charge in [-0.25, -0.2) is 4.79 Å². The van der Waals surface area contributed by atoms with Crippen LogP contribution in [0.15, 0.2) is 30.5 Å². The van der Waals surface area contributed by atoms with Crippen molar-refractivity contribution in [3.8, 4) is 0 Å². The van der Waals surface area contributed by atoms with Crippen LogP contribution in [0.5, 0.6) is 0 Å². The number of rotatable bonds is 4. The SMILES string of the molecule is CN(c1ccc2ncccc2c1[N+](=O)[O-])C(C)(C)C(=O)O. The van der Waals surface area contributed by atoms with Crippen LogP contribution in [0.4, 0.5) is 11.4 Å². The number of nitro groups is 1. The van der Waals surface area contributed by atoms with E-state index in [9.17, 15) is 20.0 Å². The summed E-state index contributed by atoms with van der Waals surface area (Å²) in [4.78, 5) is 27.8. The fourth-order valence-electron chi connectivity index (χ4n) is 2.03. The van der Waals surface area contributed by atoms with Crippen LogP contribution in [-0.4, -0.2) is 33.6 Å². The van der Waals surface area contributed by atoms with Gasteiger partial charge in [-0.15, -0.1) is 0 Å². The molecule has 0 saturated carbocycles. The van der Waals surface area contributed by atoms with Crippen molar-refractivity contribution in [1.29, 1.82) is 0 Å². The van der Waals surface area contributed by atoms with Crippen molar-refractivity contribution >= 4 is 28.2 Å². The van der Waals surface area contributed by atoms with Crippen LogP contribution in [0.3, 0.4) is 0 Å². The lowest BCUT2D eigenvalue weighted by atomic mass is 10.0. The molecule has 1 heterocycles. The van der Waals surface area contributed by atoms with Gasteiger partial charge < -0.3 is 10.0 Å². The predicted molar refractivity (Wildman–Crippen MR) is 78.5 cm³/mol. The average molecular weight is 289 g/mol. The third kappa shape index (κ3) is 2.37. The van der Waals surface area contributed by atoms with Crippen LogP contribution < -0.4 is 4.90 Å². The molecule has 21 heavy (non-hydrogen) atoms. The molecule has 0 fully saturated rings. The maximum absolute atomic E-state index is 11.4. The second kappa shape index (κ2) is 5.01. The van der Waals surface area contributed by atoms with Crippen molar-refractivity contribution in [2.24, 2.45) is 0 Å². The minimum atomic E-state index is -1.28. The van der Waals surface area contributed by atoms with E-state index in [1.54, 1.807) is 24.4 Å². The third-order valence-corrected chi connectivity index (χ3v) is 3.64. The first-order valence-corrected chi connectivity index (χ1v) is 6.26. The van der Waals surface area contributed by atoms with Gasteiger partial charge in [0.15, 0.2) is 0 Å². The lowest BCUT2D eigenvalue weighted by molar-refractivity contribution is -0.382. The normalized spacial score (nSPS) is 11.4. The number of fused-ring (bicyclic) bond motifs is 1. The topological polar surface area (TPSA) is 96.6 Å². The van der Waals surface area contributed by atoms with E-state index in [0.29, 0.717) is 10.9 Å². The molecule has 2 rings (SSSR count). The van der Waals surface area contributed by atoms with Gasteiger partial charge in [0.1, 0.15) is 11.2 Å². The van der Waals surface area contributed by atoms with Gasteiger partial charge in [0, 0.05) is 13.2 Å². The number of carboxylic acid groups (broad SMARTS) is 1. The van der Waals surface area contributed by atoms with Crippen LogP contribution in [-0.2, 0) is 4.79 Å². The molecule has 7 nitrogen and oxygen atoms in total. The molecule has 0 atom stereocenters. The molecule has 0 bridgehead atoms. The molecule has 1 aromatic carbocycles. The van der Waals surface area contributed by atoms with E-state index in [2.05, 4.69) is 4.98 Å². The number of carbonyl (C=O) groups is 1. The van der Waals surface area contributed by atoms with Crippen LogP contribution in [0.25, 0.3) is 10.9 Å². The van der Waals surface area contributed by atoms with E-state index in [1.165, 1.54) is 31.9 Å². The lowest BCUT2D eigenvalue weighted by Crippen LogP contribution is -2.48. The number of likely N-dealkylation sites (N-methyl/N-ethyl adjacent to an activating group) is 1. The fraction of sp³-hybridized carbons (Fsp3) is 0.286. The van der Waals surface area contributed by atoms with Gasteiger partial charge in [-0.05, 0) is 38.1 Å². The monoisotopic (exact) mass is 289 g/mol. The highest BCUT2D eigenvalue weighted by molar-refractivity contribution is 5.96. The predicted octanol–water partition coefficient (Wildman–Crippen LogP) is 2.44. The Kier molecular flexibility index (Phi) is 3.51. The standard InChI is InChI=1S/C14H15N3O4/c1-14(2,13(18)19)16(3)11-7-6-10-9(5-4-8-15-10)12(11)17(20)21/h4-8H,1-3H3,(H,18,19). The van der Waals surface area contributed by atoms with Crippen molar-refractivity contribution in [2.75, 3.05) is 11.9 Å². The largest absolute Gasteiger partial charge is 0.480 e. The minimum absolute atomic E-state index is 0.141. The zero-order chi connectivity index (χ0) is 15.8. The second-order valence-corrected chi connectivity index (χ2v) is 5.18. The van der Waals surface area contributed by atoms with E-state index < -0.39 is 16.4 Å². The van der Waals surface area contributed by atoms with Gasteiger partial charge in [0.2, 0.25) is 0 Å². The highest BCUT2D eigenvalue weighted by Crippen LogP contribution is 2.37. The van der Waals surface area contributed by atoms with Crippen LogP contribution in [0.1, 0.15) is 13.8 Å². The van der Waals surface area contributed by atoms with Gasteiger partial charge >= 0.3 is 11.7 Å². The summed E-state index contributed by atoms with van der Waals surface area (Å²) in [6.45, 7) is 2.99. The fourth-order valence-corrected chi connectivity index (χ4v) is 2.03. The highest BCUT2D eigenvalue weighted by atomic mass is 16.6. The Morgan fingerprint density at radius 3 is 2.62 bits per heavy atom. The van der Waals surface area contributed by atoms with Gasteiger partial charge in [0.25, 0.3) is 0 Å². The molecule has 0 aliphatic heterocycles. The van der Waals surface area contributed by atoms with Gasteiger partial charge in [-0.1, -0.05) is 0 Å². The van der Waals surface area contributed by atoms with E-state index in [1.807, 2.05) is 0 Å². The number of hydrogen-bond acceptors (Lipinski definition) is 5. The Hall–Kier alpha value is -2.70. The average Bonchev–Trinajstić information content (AvgIpc) is 2.44. The Labute approximate surface area is 121 Å². The lowest BCUT2D eigenvalue weighted by Gasteiger charge is -2.33. The number of carboxylic acids is 1. The van der Waals surface area contributed by atoms with Crippen molar-refractivity contribution in [3.63, 3.8) is 0 Å². The smallest absolute Gasteiger partial charge is 0.328 e. The molecule has 0 aliphatic carbocycles. The quantitative estimate of drug-likeness (QED) is 0.686. The first-order chi connectivity index (χ1) is 9.76. The van der Waals surface area contributed by atoms with Gasteiger partial charge in [-0.2, -0.15) is 0 Å². The van der Waals surface area contributed by atoms with Crippen LogP contribution in [0.2, 0.25) is 0 Å². The Morgan fingerprint density at radius 2 is 2.05 bits per heavy atom. The zero-order valence-corrected chi connectivity index (χ0v) is 11.9. The number of aromatic nitrogens is 1. The summed E-state index contributed by atoms with van der Waals surface area (Å²) >= 11 is 0. The summed E-state index contributed by atoms with van der Waals surface area (Å²) < 4.78 is 0. The number of hydrogen-bond donors (Lipinski definition) is 1. The third-order valence-electron chi connectivity index (χ3n) is 3.64. The molecule has 1 aromatic heterocycles. The molecular weight excluding hydrogens is 274 g/mol. The van der Waals surface area contributed by atoms with E-state index >= 15 is 0 Å². The van der Waals surface area contributed by atoms with Crippen LogP contribution >= 0.6 is 0 Å². The highest BCUT2D eigenvalue weighted by Gasteiger charge is 2.36. The zero-order valence-electron chi connectivity index (χ0n) is 11.9. The summed E-state index contributed by atoms with van der Waals surface area (Å²) in [7, 11) is 1.53. The number of aliphatic carboxylic acids is 1. The number of pyridine rings is 1. The molecule has 0 radical (unpaired) electrons. The molecule has 2 aromatic rings. The summed E-state index contributed by atoms with van der Waals surface area (Å²) in [5.41, 5.74) is -0.680. The number of nitrogens with zero attached hydrogens (tertiary/aromatic N) is 3. The van der Waals surface area contributed by atoms with E-state index in [0.717, 1.165) is 0 Å². The molecule has 0 spiro atoms. The van der Waals surface area contributed by atoms with Crippen LogP contribution in [0, 0.1) is 10.1 Å². The number of nitro benzene ring substituents is 1. The molecule has 0 amide bonds. The molecule has 0 aliphatic rings. The minimum Gasteiger partial charge on any atom is -0.480 e. The van der Waals surface area contributed by atoms with Crippen molar-refractivity contribution in [2.45, 2.75) is 19.4 Å². The summed E-state index contributed by atoms with van der Waals surface area (Å²) in [6, 6.07) is 6.39. The van der Waals surface area contributed by atoms with Crippen molar-refractivity contribution in [1.82, 2.24) is 4.98 Å². The Bertz CT molecular complexity index is 727. The molecule has 1 N–H and O–H groups in total. The first-order valence-electron chi connectivity index (χ1n) is 6.26. The van der Waals surface area contributed by atoms with E-state index in [-0.39, 0.29) is 11.4 Å². The summed E-state index contributed by atoms with van der Waals surface area (Å²) in [5, 5.41) is 21.1. The Morgan fingerprint density at radius 1 is 1.38 bits per heavy atom. The van der Waals surface area contributed by atoms with Crippen molar-refractivity contribution in [3.05, 3.63) is 40.6 Å².